The summed E-state index contributed by atoms with van der Waals surface area (Å²) in [4.78, 5) is 10.5. The molecule has 0 saturated heterocycles. The van der Waals surface area contributed by atoms with Gasteiger partial charge >= 0.3 is 0 Å². The maximum Gasteiger partial charge on any atom is 0.298 e. The highest BCUT2D eigenvalue weighted by Gasteiger charge is 2.05. The van der Waals surface area contributed by atoms with E-state index in [4.69, 9.17) is 4.74 Å². The summed E-state index contributed by atoms with van der Waals surface area (Å²) in [7, 11) is 0. The number of hydrogen-bond acceptors (Lipinski definition) is 2. The first-order chi connectivity index (χ1) is 8.85. The lowest BCUT2D eigenvalue weighted by Gasteiger charge is -2.09. The molecule has 0 aromatic heterocycles. The number of ether oxygens (including phenoxy) is 1. The van der Waals surface area contributed by atoms with Gasteiger partial charge in [0.25, 0.3) is 6.47 Å². The van der Waals surface area contributed by atoms with Crippen LogP contribution in [0.2, 0.25) is 0 Å². The molecule has 0 spiro atoms. The third-order valence-electron chi connectivity index (χ3n) is 2.86. The van der Waals surface area contributed by atoms with Crippen molar-refractivity contribution in [2.24, 2.45) is 0 Å². The van der Waals surface area contributed by atoms with Crippen molar-refractivity contribution in [1.29, 1.82) is 0 Å². The fraction of sp³-hybridized carbons (Fsp3) is 0.188. The van der Waals surface area contributed by atoms with E-state index < -0.39 is 0 Å². The van der Waals surface area contributed by atoms with Crippen LogP contribution in [0.1, 0.15) is 18.9 Å². The zero-order chi connectivity index (χ0) is 12.8. The molecule has 0 amide bonds. The summed E-state index contributed by atoms with van der Waals surface area (Å²) >= 11 is 0. The molecule has 2 aromatic rings. The summed E-state index contributed by atoms with van der Waals surface area (Å²) in [6.45, 7) is 2.59. The van der Waals surface area contributed by atoms with Crippen molar-refractivity contribution in [3.8, 4) is 16.9 Å². The molecule has 0 radical (unpaired) electrons. The molecule has 0 N–H and O–H groups in total. The van der Waals surface area contributed by atoms with Crippen LogP contribution in [0.15, 0.2) is 48.5 Å². The Bertz CT molecular complexity index is 518. The van der Waals surface area contributed by atoms with Crippen molar-refractivity contribution in [3.63, 3.8) is 0 Å². The maximum atomic E-state index is 10.5. The highest BCUT2D eigenvalue weighted by atomic mass is 16.5. The van der Waals surface area contributed by atoms with Gasteiger partial charge in [-0.15, -0.1) is 0 Å². The smallest absolute Gasteiger partial charge is 0.298 e. The molecule has 18 heavy (non-hydrogen) atoms. The Balaban J connectivity index is 2.39. The largest absolute Gasteiger partial charge is 0.428 e. The average Bonchev–Trinajstić information content (AvgIpc) is 2.42. The molecule has 0 bridgehead atoms. The van der Waals surface area contributed by atoms with Gasteiger partial charge in [0.1, 0.15) is 5.75 Å². The summed E-state index contributed by atoms with van der Waals surface area (Å²) in [5.74, 6) is 0.659. The number of aryl methyl sites for hydroxylation is 1. The molecule has 0 aliphatic heterocycles. The molecule has 0 fully saturated rings. The maximum absolute atomic E-state index is 10.5. The molecule has 2 rings (SSSR count). The fourth-order valence-corrected chi connectivity index (χ4v) is 2.02. The molecule has 0 aliphatic carbocycles. The van der Waals surface area contributed by atoms with Crippen molar-refractivity contribution in [2.75, 3.05) is 0 Å². The second-order valence-electron chi connectivity index (χ2n) is 4.15. The zero-order valence-electron chi connectivity index (χ0n) is 10.4. The molecular weight excluding hydrogens is 224 g/mol. The summed E-state index contributed by atoms with van der Waals surface area (Å²) in [5, 5.41) is 0. The number of rotatable bonds is 5. The first-order valence-corrected chi connectivity index (χ1v) is 6.13. The molecule has 0 saturated carbocycles. The summed E-state index contributed by atoms with van der Waals surface area (Å²) in [6, 6.07) is 16.1. The van der Waals surface area contributed by atoms with Gasteiger partial charge in [-0.1, -0.05) is 49.7 Å². The minimum atomic E-state index is 0.483. The van der Waals surface area contributed by atoms with Gasteiger partial charge in [0, 0.05) is 0 Å². The van der Waals surface area contributed by atoms with E-state index in [1.807, 2.05) is 30.3 Å². The SMILES string of the molecule is CCCc1cc(-c2ccccc2)ccc1OC=O. The van der Waals surface area contributed by atoms with E-state index >= 15 is 0 Å². The highest BCUT2D eigenvalue weighted by Crippen LogP contribution is 2.27. The van der Waals surface area contributed by atoms with Crippen molar-refractivity contribution in [1.82, 2.24) is 0 Å². The Hall–Kier alpha value is -2.09. The molecular formula is C16H16O2. The average molecular weight is 240 g/mol. The quantitative estimate of drug-likeness (QED) is 0.742. The monoisotopic (exact) mass is 240 g/mol. The Labute approximate surface area is 107 Å². The van der Waals surface area contributed by atoms with Crippen molar-refractivity contribution in [3.05, 3.63) is 54.1 Å². The molecule has 2 aromatic carbocycles. The van der Waals surface area contributed by atoms with E-state index in [0.717, 1.165) is 24.0 Å². The number of carbonyl (C=O) groups is 1. The highest BCUT2D eigenvalue weighted by molar-refractivity contribution is 5.66. The molecule has 2 heteroatoms. The molecule has 0 heterocycles. The summed E-state index contributed by atoms with van der Waals surface area (Å²) in [5.41, 5.74) is 3.40. The van der Waals surface area contributed by atoms with Gasteiger partial charge in [-0.25, -0.2) is 0 Å². The Morgan fingerprint density at radius 3 is 2.50 bits per heavy atom. The second kappa shape index (κ2) is 6.01. The van der Waals surface area contributed by atoms with E-state index in [0.29, 0.717) is 12.2 Å². The van der Waals surface area contributed by atoms with Gasteiger partial charge in [0.15, 0.2) is 0 Å². The van der Waals surface area contributed by atoms with Crippen LogP contribution < -0.4 is 4.74 Å². The third kappa shape index (κ3) is 2.77. The Kier molecular flexibility index (Phi) is 4.13. The van der Waals surface area contributed by atoms with Gasteiger partial charge in [-0.2, -0.15) is 0 Å². The van der Waals surface area contributed by atoms with Crippen molar-refractivity contribution in [2.45, 2.75) is 19.8 Å². The lowest BCUT2D eigenvalue weighted by molar-refractivity contribution is -0.120. The molecule has 0 unspecified atom stereocenters. The van der Waals surface area contributed by atoms with Crippen molar-refractivity contribution >= 4 is 6.47 Å². The standard InChI is InChI=1S/C16H16O2/c1-2-6-15-11-14(9-10-16(15)18-12-17)13-7-4-3-5-8-13/h3-5,7-12H,2,6H2,1H3. The van der Waals surface area contributed by atoms with E-state index in [9.17, 15) is 4.79 Å². The van der Waals surface area contributed by atoms with Gasteiger partial charge in [-0.05, 0) is 35.2 Å². The third-order valence-corrected chi connectivity index (χ3v) is 2.86. The topological polar surface area (TPSA) is 26.3 Å². The van der Waals surface area contributed by atoms with Gasteiger partial charge in [0.2, 0.25) is 0 Å². The first kappa shape index (κ1) is 12.4. The Morgan fingerprint density at radius 1 is 1.06 bits per heavy atom. The summed E-state index contributed by atoms with van der Waals surface area (Å²) < 4.78 is 5.00. The number of carbonyl (C=O) groups excluding carboxylic acids is 1. The Morgan fingerprint density at radius 2 is 1.83 bits per heavy atom. The minimum absolute atomic E-state index is 0.483. The van der Waals surface area contributed by atoms with E-state index in [1.54, 1.807) is 0 Å². The van der Waals surface area contributed by atoms with Crippen LogP contribution in [0.5, 0.6) is 5.75 Å². The van der Waals surface area contributed by atoms with Crippen LogP contribution in [-0.2, 0) is 11.2 Å². The molecule has 0 aliphatic rings. The lowest BCUT2D eigenvalue weighted by Crippen LogP contribution is -1.95. The van der Waals surface area contributed by atoms with E-state index in [2.05, 4.69) is 25.1 Å². The van der Waals surface area contributed by atoms with Crippen LogP contribution in [-0.4, -0.2) is 6.47 Å². The number of hydrogen-bond donors (Lipinski definition) is 0. The van der Waals surface area contributed by atoms with Gasteiger partial charge < -0.3 is 4.74 Å². The summed E-state index contributed by atoms with van der Waals surface area (Å²) in [6.07, 6.45) is 1.93. The van der Waals surface area contributed by atoms with Crippen LogP contribution in [0, 0.1) is 0 Å². The van der Waals surface area contributed by atoms with Crippen LogP contribution >= 0.6 is 0 Å². The zero-order valence-corrected chi connectivity index (χ0v) is 10.4. The number of benzene rings is 2. The predicted molar refractivity (Wildman–Crippen MR) is 72.6 cm³/mol. The molecule has 0 atom stereocenters. The van der Waals surface area contributed by atoms with Crippen LogP contribution in [0.25, 0.3) is 11.1 Å². The minimum Gasteiger partial charge on any atom is -0.428 e. The van der Waals surface area contributed by atoms with E-state index in [1.165, 1.54) is 5.56 Å². The fourth-order valence-electron chi connectivity index (χ4n) is 2.02. The van der Waals surface area contributed by atoms with E-state index in [-0.39, 0.29) is 0 Å². The molecule has 92 valence electrons. The lowest BCUT2D eigenvalue weighted by atomic mass is 10.0. The van der Waals surface area contributed by atoms with Crippen LogP contribution in [0.4, 0.5) is 0 Å². The van der Waals surface area contributed by atoms with Gasteiger partial charge in [0.05, 0.1) is 0 Å². The normalized spacial score (nSPS) is 10.1. The second-order valence-corrected chi connectivity index (χ2v) is 4.15. The van der Waals surface area contributed by atoms with Crippen molar-refractivity contribution < 1.29 is 9.53 Å². The first-order valence-electron chi connectivity index (χ1n) is 6.13. The van der Waals surface area contributed by atoms with Gasteiger partial charge in [-0.3, -0.25) is 4.79 Å². The van der Waals surface area contributed by atoms with Crippen LogP contribution in [0.3, 0.4) is 0 Å². The molecule has 2 nitrogen and oxygen atoms in total. The predicted octanol–water partition coefficient (Wildman–Crippen LogP) is 3.84.